The molecule has 1 N–H and O–H groups in total. The maximum absolute atomic E-state index is 10.7. The molecule has 0 amide bonds. The fourth-order valence-corrected chi connectivity index (χ4v) is 1.86. The summed E-state index contributed by atoms with van der Waals surface area (Å²) in [6.45, 7) is 0. The molecule has 0 bridgehead atoms. The predicted octanol–water partition coefficient (Wildman–Crippen LogP) is 1.23. The van der Waals surface area contributed by atoms with E-state index in [2.05, 4.69) is 4.84 Å². The fraction of sp³-hybridized carbons (Fsp3) is 0.875. The number of hydrogen-bond acceptors (Lipinski definition) is 4. The Morgan fingerprint density at radius 1 is 1.43 bits per heavy atom. The molecule has 0 heterocycles. The van der Waals surface area contributed by atoms with Gasteiger partial charge in [-0.05, 0) is 18.8 Å². The summed E-state index contributed by atoms with van der Waals surface area (Å²) in [6, 6.07) is 0. The van der Waals surface area contributed by atoms with Crippen molar-refractivity contribution in [1.82, 2.24) is 0 Å². The van der Waals surface area contributed by atoms with Crippen LogP contribution in [0.5, 0.6) is 0 Å². The first-order valence-corrected chi connectivity index (χ1v) is 4.65. The number of aliphatic carboxylic acids is 1. The molecule has 1 aliphatic rings. The van der Waals surface area contributed by atoms with Crippen molar-refractivity contribution in [2.45, 2.75) is 38.2 Å². The van der Waals surface area contributed by atoms with Gasteiger partial charge in [0.25, 0.3) is 5.09 Å². The van der Waals surface area contributed by atoms with Gasteiger partial charge in [-0.3, -0.25) is 4.84 Å². The van der Waals surface area contributed by atoms with Crippen LogP contribution in [0, 0.1) is 16.0 Å². The molecule has 1 fully saturated rings. The molecule has 6 nitrogen and oxygen atoms in total. The van der Waals surface area contributed by atoms with Crippen molar-refractivity contribution < 1.29 is 19.8 Å². The number of nitrogens with zero attached hydrogens (tertiary/aromatic N) is 1. The van der Waals surface area contributed by atoms with Gasteiger partial charge in [-0.15, -0.1) is 10.1 Å². The summed E-state index contributed by atoms with van der Waals surface area (Å²) in [5.41, 5.74) is 0. The molecular weight excluding hydrogens is 190 g/mol. The third kappa shape index (κ3) is 2.86. The Hall–Kier alpha value is -1.33. The van der Waals surface area contributed by atoms with Gasteiger partial charge in [-0.2, -0.15) is 0 Å². The lowest BCUT2D eigenvalue weighted by Crippen LogP contribution is -2.35. The predicted molar refractivity (Wildman–Crippen MR) is 46.1 cm³/mol. The van der Waals surface area contributed by atoms with E-state index in [0.29, 0.717) is 12.8 Å². The molecule has 0 aromatic carbocycles. The Morgan fingerprint density at radius 3 is 2.43 bits per heavy atom. The molecule has 1 rings (SSSR count). The molecule has 0 aromatic heterocycles. The summed E-state index contributed by atoms with van der Waals surface area (Å²) in [5.74, 6) is -1.46. The highest BCUT2D eigenvalue weighted by Crippen LogP contribution is 2.28. The zero-order valence-corrected chi connectivity index (χ0v) is 7.72. The van der Waals surface area contributed by atoms with Gasteiger partial charge in [0.2, 0.25) is 6.10 Å². The van der Waals surface area contributed by atoms with Crippen molar-refractivity contribution in [2.24, 2.45) is 5.92 Å². The van der Waals surface area contributed by atoms with Crippen molar-refractivity contribution in [3.63, 3.8) is 0 Å². The Kier molecular flexibility index (Phi) is 3.67. The zero-order chi connectivity index (χ0) is 10.6. The Bertz CT molecular complexity index is 224. The quantitative estimate of drug-likeness (QED) is 0.548. The van der Waals surface area contributed by atoms with Gasteiger partial charge < -0.3 is 5.11 Å². The second-order valence-electron chi connectivity index (χ2n) is 3.49. The largest absolute Gasteiger partial charge is 0.480 e. The molecule has 0 aromatic rings. The average molecular weight is 203 g/mol. The molecule has 0 unspecified atom stereocenters. The van der Waals surface area contributed by atoms with Crippen LogP contribution in [-0.2, 0) is 9.63 Å². The summed E-state index contributed by atoms with van der Waals surface area (Å²) in [4.78, 5) is 25.0. The molecule has 80 valence electrons. The average Bonchev–Trinajstić information content (AvgIpc) is 2.15. The van der Waals surface area contributed by atoms with Gasteiger partial charge in [0.1, 0.15) is 0 Å². The van der Waals surface area contributed by atoms with E-state index >= 15 is 0 Å². The van der Waals surface area contributed by atoms with Crippen LogP contribution in [0.3, 0.4) is 0 Å². The number of carboxylic acids is 1. The Balaban J connectivity index is 2.56. The van der Waals surface area contributed by atoms with Crippen LogP contribution in [0.2, 0.25) is 0 Å². The molecule has 14 heavy (non-hydrogen) atoms. The SMILES string of the molecule is O=C(O)[C@H](O[N+](=O)[O-])C1CCCCC1. The minimum atomic E-state index is -1.29. The maximum atomic E-state index is 10.7. The first kappa shape index (κ1) is 10.7. The summed E-state index contributed by atoms with van der Waals surface area (Å²) in [7, 11) is 0. The van der Waals surface area contributed by atoms with Crippen molar-refractivity contribution in [3.8, 4) is 0 Å². The van der Waals surface area contributed by atoms with Crippen LogP contribution >= 0.6 is 0 Å². The Morgan fingerprint density at radius 2 is 2.00 bits per heavy atom. The third-order valence-corrected chi connectivity index (χ3v) is 2.52. The minimum Gasteiger partial charge on any atom is -0.480 e. The minimum absolute atomic E-state index is 0.216. The van der Waals surface area contributed by atoms with Gasteiger partial charge in [0.05, 0.1) is 0 Å². The molecule has 1 aliphatic carbocycles. The van der Waals surface area contributed by atoms with E-state index < -0.39 is 17.2 Å². The van der Waals surface area contributed by atoms with Crippen LogP contribution in [0.1, 0.15) is 32.1 Å². The number of carboxylic acid groups (broad SMARTS) is 1. The van der Waals surface area contributed by atoms with Gasteiger partial charge in [0.15, 0.2) is 0 Å². The zero-order valence-electron chi connectivity index (χ0n) is 7.72. The highest BCUT2D eigenvalue weighted by atomic mass is 17.0. The lowest BCUT2D eigenvalue weighted by molar-refractivity contribution is -0.766. The van der Waals surface area contributed by atoms with E-state index in [-0.39, 0.29) is 5.92 Å². The molecular formula is C8H13NO5. The van der Waals surface area contributed by atoms with Crippen LogP contribution in [0.15, 0.2) is 0 Å². The summed E-state index contributed by atoms with van der Waals surface area (Å²) in [5, 5.41) is 17.8. The number of carbonyl (C=O) groups is 1. The van der Waals surface area contributed by atoms with Crippen LogP contribution in [0.25, 0.3) is 0 Å². The van der Waals surface area contributed by atoms with E-state index in [4.69, 9.17) is 5.11 Å². The third-order valence-electron chi connectivity index (χ3n) is 2.52. The van der Waals surface area contributed by atoms with Crippen molar-refractivity contribution >= 4 is 5.97 Å². The normalized spacial score (nSPS) is 20.0. The molecule has 0 aliphatic heterocycles. The molecule has 0 radical (unpaired) electrons. The van der Waals surface area contributed by atoms with Gasteiger partial charge in [-0.25, -0.2) is 4.79 Å². The van der Waals surface area contributed by atoms with E-state index in [0.717, 1.165) is 19.3 Å². The maximum Gasteiger partial charge on any atom is 0.333 e. The van der Waals surface area contributed by atoms with E-state index in [1.165, 1.54) is 0 Å². The summed E-state index contributed by atoms with van der Waals surface area (Å²) in [6.07, 6.45) is 3.03. The first-order chi connectivity index (χ1) is 6.61. The lowest BCUT2D eigenvalue weighted by atomic mass is 9.85. The van der Waals surface area contributed by atoms with E-state index in [1.807, 2.05) is 0 Å². The van der Waals surface area contributed by atoms with Gasteiger partial charge in [0, 0.05) is 0 Å². The fourth-order valence-electron chi connectivity index (χ4n) is 1.86. The molecule has 1 atom stereocenters. The number of hydrogen-bond donors (Lipinski definition) is 1. The molecule has 0 saturated heterocycles. The highest BCUT2D eigenvalue weighted by molar-refractivity contribution is 5.72. The monoisotopic (exact) mass is 203 g/mol. The van der Waals surface area contributed by atoms with Gasteiger partial charge in [-0.1, -0.05) is 19.3 Å². The molecule has 0 spiro atoms. The van der Waals surface area contributed by atoms with E-state index in [1.54, 1.807) is 0 Å². The highest BCUT2D eigenvalue weighted by Gasteiger charge is 2.32. The van der Waals surface area contributed by atoms with Crippen molar-refractivity contribution in [3.05, 3.63) is 10.1 Å². The molecule has 6 heteroatoms. The topological polar surface area (TPSA) is 89.7 Å². The molecule has 1 saturated carbocycles. The van der Waals surface area contributed by atoms with Crippen molar-refractivity contribution in [1.29, 1.82) is 0 Å². The van der Waals surface area contributed by atoms with Crippen LogP contribution < -0.4 is 0 Å². The van der Waals surface area contributed by atoms with Crippen LogP contribution in [-0.4, -0.2) is 22.3 Å². The second kappa shape index (κ2) is 4.78. The van der Waals surface area contributed by atoms with Crippen molar-refractivity contribution in [2.75, 3.05) is 0 Å². The van der Waals surface area contributed by atoms with Crippen LogP contribution in [0.4, 0.5) is 0 Å². The smallest absolute Gasteiger partial charge is 0.333 e. The Labute approximate surface area is 81.0 Å². The summed E-state index contributed by atoms with van der Waals surface area (Å²) < 4.78 is 0. The second-order valence-corrected chi connectivity index (χ2v) is 3.49. The lowest BCUT2D eigenvalue weighted by Gasteiger charge is -2.25. The summed E-state index contributed by atoms with van der Waals surface area (Å²) >= 11 is 0. The van der Waals surface area contributed by atoms with E-state index in [9.17, 15) is 14.9 Å². The number of rotatable bonds is 4. The standard InChI is InChI=1S/C8H13NO5/c10-8(11)7(14-9(12)13)6-4-2-1-3-5-6/h6-7H,1-5H2,(H,10,11)/t7-/m1/s1. The first-order valence-electron chi connectivity index (χ1n) is 4.65. The van der Waals surface area contributed by atoms with Gasteiger partial charge >= 0.3 is 5.97 Å².